The van der Waals surface area contributed by atoms with Gasteiger partial charge in [-0.1, -0.05) is 0 Å². The van der Waals surface area contributed by atoms with Gasteiger partial charge in [0.1, 0.15) is 24.4 Å². The molecule has 14 heavy (non-hydrogen) atoms. The molecule has 1 rings (SSSR count). The van der Waals surface area contributed by atoms with Gasteiger partial charge in [-0.05, 0) is 0 Å². The van der Waals surface area contributed by atoms with Crippen molar-refractivity contribution in [2.24, 2.45) is 5.73 Å². The second-order valence-corrected chi connectivity index (χ2v) is 3.30. The Balaban J connectivity index is 2.70. The Kier molecular flexibility index (Phi) is 3.78. The zero-order chi connectivity index (χ0) is 10.9. The fourth-order valence-corrected chi connectivity index (χ4v) is 1.35. The average Bonchev–Trinajstić information content (AvgIpc) is 2.19. The van der Waals surface area contributed by atoms with Crippen LogP contribution in [-0.2, 0) is 4.74 Å². The maximum absolute atomic E-state index is 9.39. The van der Waals surface area contributed by atoms with Crippen molar-refractivity contribution >= 4 is 0 Å². The number of hydrogen-bond acceptors (Lipinski definition) is 7. The van der Waals surface area contributed by atoms with Crippen molar-refractivity contribution in [3.05, 3.63) is 0 Å². The molecule has 0 aromatic carbocycles. The number of nitrogens with two attached hydrogens (primary N) is 1. The van der Waals surface area contributed by atoms with Crippen molar-refractivity contribution < 1.29 is 30.3 Å². The van der Waals surface area contributed by atoms with Gasteiger partial charge in [-0.3, -0.25) is 0 Å². The molecule has 1 aliphatic rings. The summed E-state index contributed by atoms with van der Waals surface area (Å²) >= 11 is 0. The minimum absolute atomic E-state index is 0.642. The van der Waals surface area contributed by atoms with Gasteiger partial charge in [-0.2, -0.15) is 0 Å². The number of hydrogen-bond donors (Lipinski definition) is 6. The first kappa shape index (κ1) is 11.8. The third kappa shape index (κ3) is 2.04. The van der Waals surface area contributed by atoms with E-state index >= 15 is 0 Å². The molecule has 84 valence electrons. The molecular formula is C7H15NO6. The molecule has 6 atom stereocenters. The summed E-state index contributed by atoms with van der Waals surface area (Å²) in [4.78, 5) is 0. The van der Waals surface area contributed by atoms with E-state index < -0.39 is 43.4 Å². The van der Waals surface area contributed by atoms with Crippen molar-refractivity contribution in [3.63, 3.8) is 0 Å². The monoisotopic (exact) mass is 209 g/mol. The highest BCUT2D eigenvalue weighted by molar-refractivity contribution is 4.93. The number of aliphatic hydroxyl groups excluding tert-OH is 5. The standard InChI is InChI=1S/C7H15NO6/c8-3-4(11)5(12)6(2(10)1-9)14-7(3)13/h2-7,9-13H,1,8H2/t2-,3+,4+,5-,6+,7+/m1/s1. The molecule has 7 nitrogen and oxygen atoms in total. The molecule has 7 N–H and O–H groups in total. The van der Waals surface area contributed by atoms with E-state index in [0.717, 1.165) is 0 Å². The number of aliphatic hydroxyl groups is 5. The molecule has 0 spiro atoms. The molecule has 1 fully saturated rings. The highest BCUT2D eigenvalue weighted by Gasteiger charge is 2.44. The average molecular weight is 209 g/mol. The highest BCUT2D eigenvalue weighted by Crippen LogP contribution is 2.20. The van der Waals surface area contributed by atoms with Gasteiger partial charge in [0.25, 0.3) is 0 Å². The minimum Gasteiger partial charge on any atom is -0.394 e. The molecule has 0 bridgehead atoms. The first-order valence-corrected chi connectivity index (χ1v) is 4.23. The second kappa shape index (κ2) is 4.49. The molecule has 7 heteroatoms. The fourth-order valence-electron chi connectivity index (χ4n) is 1.35. The Morgan fingerprint density at radius 1 is 1.21 bits per heavy atom. The quantitative estimate of drug-likeness (QED) is 0.273. The topological polar surface area (TPSA) is 136 Å². The van der Waals surface area contributed by atoms with E-state index in [1.807, 2.05) is 0 Å². The molecule has 0 aromatic heterocycles. The van der Waals surface area contributed by atoms with Crippen LogP contribution >= 0.6 is 0 Å². The summed E-state index contributed by atoms with van der Waals surface area (Å²) in [5, 5.41) is 45.7. The molecule has 0 unspecified atom stereocenters. The van der Waals surface area contributed by atoms with Crippen LogP contribution in [0.4, 0.5) is 0 Å². The van der Waals surface area contributed by atoms with E-state index in [1.54, 1.807) is 0 Å². The van der Waals surface area contributed by atoms with Crippen molar-refractivity contribution in [2.45, 2.75) is 36.7 Å². The Hall–Kier alpha value is -0.280. The minimum atomic E-state index is -1.47. The molecule has 0 aliphatic carbocycles. The SMILES string of the molecule is N[C@H]1[C@H](O)[C@@H](O)[C@H]([C@H](O)CO)O[C@@H]1O. The van der Waals surface area contributed by atoms with E-state index in [4.69, 9.17) is 20.7 Å². The lowest BCUT2D eigenvalue weighted by Gasteiger charge is -2.40. The molecule has 0 aromatic rings. The van der Waals surface area contributed by atoms with Crippen LogP contribution in [0.1, 0.15) is 0 Å². The summed E-state index contributed by atoms with van der Waals surface area (Å²) in [6, 6.07) is -1.13. The lowest BCUT2D eigenvalue weighted by molar-refractivity contribution is -0.264. The zero-order valence-electron chi connectivity index (χ0n) is 7.39. The third-order valence-electron chi connectivity index (χ3n) is 2.27. The Labute approximate surface area is 80.3 Å². The summed E-state index contributed by atoms with van der Waals surface area (Å²) in [5.74, 6) is 0. The van der Waals surface area contributed by atoms with Crippen LogP contribution in [0.25, 0.3) is 0 Å². The Bertz CT molecular complexity index is 191. The first-order valence-electron chi connectivity index (χ1n) is 4.23. The molecule has 1 aliphatic heterocycles. The van der Waals surface area contributed by atoms with E-state index in [1.165, 1.54) is 0 Å². The van der Waals surface area contributed by atoms with Gasteiger partial charge in [0.05, 0.1) is 12.6 Å². The molecule has 0 amide bonds. The maximum Gasteiger partial charge on any atom is 0.173 e. The van der Waals surface area contributed by atoms with Gasteiger partial charge in [0.2, 0.25) is 0 Å². The fraction of sp³-hybridized carbons (Fsp3) is 1.00. The Morgan fingerprint density at radius 2 is 1.79 bits per heavy atom. The van der Waals surface area contributed by atoms with Crippen LogP contribution < -0.4 is 5.73 Å². The van der Waals surface area contributed by atoms with Crippen LogP contribution in [0.2, 0.25) is 0 Å². The van der Waals surface area contributed by atoms with E-state index in [0.29, 0.717) is 0 Å². The summed E-state index contributed by atoms with van der Waals surface area (Å²) < 4.78 is 4.74. The number of ether oxygens (including phenoxy) is 1. The second-order valence-electron chi connectivity index (χ2n) is 3.30. The third-order valence-corrected chi connectivity index (χ3v) is 2.27. The number of rotatable bonds is 2. The van der Waals surface area contributed by atoms with Crippen molar-refractivity contribution in [1.29, 1.82) is 0 Å². The lowest BCUT2D eigenvalue weighted by Crippen LogP contribution is -2.63. The molecule has 1 saturated heterocycles. The molecular weight excluding hydrogens is 194 g/mol. The van der Waals surface area contributed by atoms with Crippen LogP contribution in [0.3, 0.4) is 0 Å². The van der Waals surface area contributed by atoms with E-state index in [2.05, 4.69) is 0 Å². The molecule has 0 radical (unpaired) electrons. The largest absolute Gasteiger partial charge is 0.394 e. The summed E-state index contributed by atoms with van der Waals surface area (Å²) in [6.45, 7) is -0.642. The van der Waals surface area contributed by atoms with Crippen molar-refractivity contribution in [1.82, 2.24) is 0 Å². The molecule has 1 heterocycles. The summed E-state index contributed by atoms with van der Waals surface area (Å²) in [6.07, 6.45) is -6.92. The van der Waals surface area contributed by atoms with E-state index in [9.17, 15) is 15.3 Å². The van der Waals surface area contributed by atoms with Crippen molar-refractivity contribution in [3.8, 4) is 0 Å². The van der Waals surface area contributed by atoms with Gasteiger partial charge in [0, 0.05) is 0 Å². The summed E-state index contributed by atoms with van der Waals surface area (Å²) in [7, 11) is 0. The van der Waals surface area contributed by atoms with Gasteiger partial charge >= 0.3 is 0 Å². The van der Waals surface area contributed by atoms with Crippen LogP contribution in [0, 0.1) is 0 Å². The van der Waals surface area contributed by atoms with Crippen LogP contribution in [0.5, 0.6) is 0 Å². The zero-order valence-corrected chi connectivity index (χ0v) is 7.39. The highest BCUT2D eigenvalue weighted by atomic mass is 16.6. The Morgan fingerprint density at radius 3 is 2.29 bits per heavy atom. The van der Waals surface area contributed by atoms with Gasteiger partial charge in [-0.25, -0.2) is 0 Å². The van der Waals surface area contributed by atoms with Crippen LogP contribution in [0.15, 0.2) is 0 Å². The normalized spacial score (nSPS) is 46.3. The first-order chi connectivity index (χ1) is 6.49. The lowest BCUT2D eigenvalue weighted by atomic mass is 9.94. The smallest absolute Gasteiger partial charge is 0.173 e. The van der Waals surface area contributed by atoms with Gasteiger partial charge in [0.15, 0.2) is 6.29 Å². The van der Waals surface area contributed by atoms with Gasteiger partial charge in [-0.15, -0.1) is 0 Å². The van der Waals surface area contributed by atoms with E-state index in [-0.39, 0.29) is 0 Å². The predicted molar refractivity (Wildman–Crippen MR) is 44.0 cm³/mol. The predicted octanol–water partition coefficient (Wildman–Crippen LogP) is -3.89. The maximum atomic E-state index is 9.39. The summed E-state index contributed by atoms with van der Waals surface area (Å²) in [5.41, 5.74) is 5.29. The van der Waals surface area contributed by atoms with Gasteiger partial charge < -0.3 is 36.0 Å². The van der Waals surface area contributed by atoms with Crippen LogP contribution in [-0.4, -0.2) is 68.9 Å². The molecule has 0 saturated carbocycles. The van der Waals surface area contributed by atoms with Crippen molar-refractivity contribution in [2.75, 3.05) is 6.61 Å².